The van der Waals surface area contributed by atoms with E-state index in [4.69, 9.17) is 4.98 Å². The number of sulfonamides is 1. The van der Waals surface area contributed by atoms with Crippen LogP contribution in [0.1, 0.15) is 55.1 Å². The van der Waals surface area contributed by atoms with Gasteiger partial charge in [0.15, 0.2) is 5.13 Å². The highest BCUT2D eigenvalue weighted by Crippen LogP contribution is 2.33. The maximum absolute atomic E-state index is 13.8. The molecule has 2 aromatic carbocycles. The zero-order valence-corrected chi connectivity index (χ0v) is 24.2. The summed E-state index contributed by atoms with van der Waals surface area (Å²) < 4.78 is 28.9. The number of fused-ring (bicyclic) bond motifs is 1. The Morgan fingerprint density at radius 3 is 2.30 bits per heavy atom. The largest absolute Gasteiger partial charge is 0.302 e. The van der Waals surface area contributed by atoms with Crippen molar-refractivity contribution in [2.24, 2.45) is 5.92 Å². The maximum atomic E-state index is 13.8. The standard InChI is InChI=1S/C28H38N4O3S2/c1-6-30(7-2)18-19-32(28-29-26-22(5)21(4)8-13-25(26)36-28)27(33)23-9-11-24(12-10-23)37(34,35)31-16-14-20(3)15-17-31/h8-13,20H,6-7,14-19H2,1-5H3. The monoisotopic (exact) mass is 542 g/mol. The van der Waals surface area contributed by atoms with Crippen molar-refractivity contribution >= 4 is 42.6 Å². The van der Waals surface area contributed by atoms with Crippen LogP contribution in [0.15, 0.2) is 41.3 Å². The number of aryl methyl sites for hydroxylation is 2. The van der Waals surface area contributed by atoms with Gasteiger partial charge < -0.3 is 4.90 Å². The number of carbonyl (C=O) groups is 1. The normalized spacial score (nSPS) is 15.5. The topological polar surface area (TPSA) is 73.8 Å². The van der Waals surface area contributed by atoms with Gasteiger partial charge in [-0.3, -0.25) is 9.69 Å². The molecule has 1 amide bonds. The summed E-state index contributed by atoms with van der Waals surface area (Å²) in [5, 5.41) is 0.667. The van der Waals surface area contributed by atoms with E-state index in [9.17, 15) is 13.2 Å². The molecule has 1 aliphatic heterocycles. The van der Waals surface area contributed by atoms with E-state index in [1.165, 1.54) is 16.9 Å². The lowest BCUT2D eigenvalue weighted by molar-refractivity contribution is 0.0983. The van der Waals surface area contributed by atoms with Crippen molar-refractivity contribution in [3.05, 3.63) is 53.1 Å². The summed E-state index contributed by atoms with van der Waals surface area (Å²) in [6, 6.07) is 10.5. The Hall–Kier alpha value is -2.33. The second kappa shape index (κ2) is 11.6. The number of rotatable bonds is 9. The summed E-state index contributed by atoms with van der Waals surface area (Å²) in [5.74, 6) is 0.375. The van der Waals surface area contributed by atoms with Crippen molar-refractivity contribution in [2.75, 3.05) is 44.2 Å². The quantitative estimate of drug-likeness (QED) is 0.366. The van der Waals surface area contributed by atoms with Crippen LogP contribution in [0, 0.1) is 19.8 Å². The molecule has 7 nitrogen and oxygen atoms in total. The Bertz CT molecular complexity index is 1340. The summed E-state index contributed by atoms with van der Waals surface area (Å²) >= 11 is 1.52. The third-order valence-electron chi connectivity index (χ3n) is 7.57. The van der Waals surface area contributed by atoms with E-state index in [2.05, 4.69) is 51.7 Å². The van der Waals surface area contributed by atoms with E-state index in [-0.39, 0.29) is 10.8 Å². The minimum absolute atomic E-state index is 0.170. The summed E-state index contributed by atoms with van der Waals surface area (Å²) in [6.45, 7) is 14.6. The Kier molecular flexibility index (Phi) is 8.68. The van der Waals surface area contributed by atoms with Crippen molar-refractivity contribution < 1.29 is 13.2 Å². The number of aromatic nitrogens is 1. The van der Waals surface area contributed by atoms with Gasteiger partial charge in [0.1, 0.15) is 0 Å². The number of piperidine rings is 1. The smallest absolute Gasteiger partial charge is 0.260 e. The third-order valence-corrected chi connectivity index (χ3v) is 10.5. The minimum atomic E-state index is -3.56. The van der Waals surface area contributed by atoms with E-state index in [0.717, 1.165) is 48.3 Å². The molecule has 0 aliphatic carbocycles. The van der Waals surface area contributed by atoms with Crippen LogP contribution in [0.25, 0.3) is 10.2 Å². The predicted octanol–water partition coefficient (Wildman–Crippen LogP) is 5.32. The Balaban J connectivity index is 1.62. The fraction of sp³-hybridized carbons (Fsp3) is 0.500. The van der Waals surface area contributed by atoms with Gasteiger partial charge in [-0.1, -0.05) is 38.2 Å². The number of hydrogen-bond acceptors (Lipinski definition) is 6. The highest BCUT2D eigenvalue weighted by molar-refractivity contribution is 7.89. The van der Waals surface area contributed by atoms with Crippen LogP contribution < -0.4 is 4.90 Å². The molecule has 4 rings (SSSR count). The van der Waals surface area contributed by atoms with Crippen molar-refractivity contribution in [3.63, 3.8) is 0 Å². The van der Waals surface area contributed by atoms with Crippen molar-refractivity contribution in [1.82, 2.24) is 14.2 Å². The van der Waals surface area contributed by atoms with Gasteiger partial charge in [0, 0.05) is 31.7 Å². The lowest BCUT2D eigenvalue weighted by Gasteiger charge is -2.29. The van der Waals surface area contributed by atoms with Crippen LogP contribution in [-0.2, 0) is 10.0 Å². The maximum Gasteiger partial charge on any atom is 0.260 e. The zero-order valence-electron chi connectivity index (χ0n) is 22.5. The minimum Gasteiger partial charge on any atom is -0.302 e. The number of likely N-dealkylation sites (N-methyl/N-ethyl adjacent to an activating group) is 1. The number of hydrogen-bond donors (Lipinski definition) is 0. The number of thiazole rings is 1. The Labute approximate surface area is 225 Å². The fourth-order valence-corrected chi connectivity index (χ4v) is 7.21. The lowest BCUT2D eigenvalue weighted by Crippen LogP contribution is -2.39. The van der Waals surface area contributed by atoms with Gasteiger partial charge in [-0.15, -0.1) is 0 Å². The van der Waals surface area contributed by atoms with Crippen LogP contribution in [0.4, 0.5) is 5.13 Å². The molecule has 1 aliphatic rings. The molecular weight excluding hydrogens is 504 g/mol. The molecule has 37 heavy (non-hydrogen) atoms. The van der Waals surface area contributed by atoms with Crippen LogP contribution in [0.3, 0.4) is 0 Å². The van der Waals surface area contributed by atoms with Crippen LogP contribution in [0.5, 0.6) is 0 Å². The molecule has 1 fully saturated rings. The molecule has 1 aromatic heterocycles. The lowest BCUT2D eigenvalue weighted by atomic mass is 10.0. The van der Waals surface area contributed by atoms with Crippen LogP contribution >= 0.6 is 11.3 Å². The first kappa shape index (κ1) is 27.7. The molecule has 0 saturated carbocycles. The SMILES string of the molecule is CCN(CC)CCN(C(=O)c1ccc(S(=O)(=O)N2CCC(C)CC2)cc1)c1nc2c(C)c(C)ccc2s1. The highest BCUT2D eigenvalue weighted by Gasteiger charge is 2.29. The van der Waals surface area contributed by atoms with Crippen molar-refractivity contribution in [1.29, 1.82) is 0 Å². The average Bonchev–Trinajstić information content (AvgIpc) is 3.33. The van der Waals surface area contributed by atoms with Crippen molar-refractivity contribution in [3.8, 4) is 0 Å². The molecule has 0 bridgehead atoms. The second-order valence-electron chi connectivity index (χ2n) is 9.95. The van der Waals surface area contributed by atoms with Gasteiger partial charge in [-0.25, -0.2) is 13.4 Å². The summed E-state index contributed by atoms with van der Waals surface area (Å²) in [5.41, 5.74) is 3.68. The molecule has 2 heterocycles. The molecule has 0 radical (unpaired) electrons. The van der Waals surface area contributed by atoms with Crippen LogP contribution in [-0.4, -0.2) is 67.8 Å². The first-order chi connectivity index (χ1) is 17.6. The van der Waals surface area contributed by atoms with Gasteiger partial charge in [-0.05, 0) is 87.2 Å². The van der Waals surface area contributed by atoms with Gasteiger partial charge in [0.05, 0.1) is 15.1 Å². The molecule has 9 heteroatoms. The van der Waals surface area contributed by atoms with Gasteiger partial charge in [-0.2, -0.15) is 4.31 Å². The first-order valence-corrected chi connectivity index (χ1v) is 15.4. The predicted molar refractivity (Wildman–Crippen MR) is 152 cm³/mol. The van der Waals surface area contributed by atoms with Gasteiger partial charge in [0.25, 0.3) is 5.91 Å². The van der Waals surface area contributed by atoms with E-state index in [0.29, 0.717) is 36.2 Å². The third kappa shape index (κ3) is 5.90. The molecule has 1 saturated heterocycles. The van der Waals surface area contributed by atoms with Crippen LogP contribution in [0.2, 0.25) is 0 Å². The number of anilines is 1. The molecule has 0 unspecified atom stereocenters. The number of carbonyl (C=O) groups excluding carboxylic acids is 1. The number of amides is 1. The molecule has 0 spiro atoms. The molecule has 0 atom stereocenters. The molecule has 0 N–H and O–H groups in total. The molecule has 3 aromatic rings. The second-order valence-corrected chi connectivity index (χ2v) is 12.9. The number of benzene rings is 2. The van der Waals surface area contributed by atoms with Crippen molar-refractivity contribution in [2.45, 2.75) is 52.4 Å². The molecule has 200 valence electrons. The average molecular weight is 543 g/mol. The van der Waals surface area contributed by atoms with Gasteiger partial charge >= 0.3 is 0 Å². The summed E-state index contributed by atoms with van der Waals surface area (Å²) in [4.78, 5) is 22.9. The summed E-state index contributed by atoms with van der Waals surface area (Å²) in [6.07, 6.45) is 1.75. The Morgan fingerprint density at radius 2 is 1.68 bits per heavy atom. The van der Waals surface area contributed by atoms with E-state index < -0.39 is 10.0 Å². The highest BCUT2D eigenvalue weighted by atomic mass is 32.2. The molecular formula is C28H38N4O3S2. The number of nitrogens with zero attached hydrogens (tertiary/aromatic N) is 4. The first-order valence-electron chi connectivity index (χ1n) is 13.2. The van der Waals surface area contributed by atoms with E-state index in [1.54, 1.807) is 33.5 Å². The fourth-order valence-electron chi connectivity index (χ4n) is 4.69. The zero-order chi connectivity index (χ0) is 26.7. The Morgan fingerprint density at radius 1 is 1.03 bits per heavy atom. The van der Waals surface area contributed by atoms with E-state index >= 15 is 0 Å². The van der Waals surface area contributed by atoms with E-state index in [1.807, 2.05) is 0 Å². The summed E-state index contributed by atoms with van der Waals surface area (Å²) in [7, 11) is -3.56. The van der Waals surface area contributed by atoms with Gasteiger partial charge in [0.2, 0.25) is 10.0 Å².